The van der Waals surface area contributed by atoms with Crippen LogP contribution in [0, 0.1) is 0 Å². The minimum atomic E-state index is 0.423. The second kappa shape index (κ2) is 5.49. The molecule has 0 fully saturated rings. The summed E-state index contributed by atoms with van der Waals surface area (Å²) in [6.45, 7) is 0. The first-order valence-corrected chi connectivity index (χ1v) is 6.59. The van der Waals surface area contributed by atoms with E-state index >= 15 is 0 Å². The fraction of sp³-hybridized carbons (Fsp3) is 0.0769. The van der Waals surface area contributed by atoms with E-state index in [9.17, 15) is 0 Å². The average Bonchev–Trinajstić information content (AvgIpc) is 2.31. The van der Waals surface area contributed by atoms with E-state index in [1.54, 1.807) is 24.3 Å². The SMILES string of the molecule is ClCc1ccc(Cl)c(-c2c(Cl)cccc2Cl)c1. The van der Waals surface area contributed by atoms with Gasteiger partial charge in [-0.2, -0.15) is 0 Å². The molecule has 0 nitrogen and oxygen atoms in total. The Morgan fingerprint density at radius 2 is 1.47 bits per heavy atom. The molecule has 0 aliphatic rings. The molecule has 0 aromatic heterocycles. The van der Waals surface area contributed by atoms with Gasteiger partial charge >= 0.3 is 0 Å². The van der Waals surface area contributed by atoms with Gasteiger partial charge in [-0.15, -0.1) is 11.6 Å². The van der Waals surface area contributed by atoms with Crippen LogP contribution in [0.25, 0.3) is 11.1 Å². The zero-order valence-electron chi connectivity index (χ0n) is 8.68. The summed E-state index contributed by atoms with van der Waals surface area (Å²) in [7, 11) is 0. The van der Waals surface area contributed by atoms with Crippen molar-refractivity contribution in [3.8, 4) is 11.1 Å². The lowest BCUT2D eigenvalue weighted by Gasteiger charge is -2.10. The van der Waals surface area contributed by atoms with Crippen LogP contribution in [-0.4, -0.2) is 0 Å². The molecule has 0 bridgehead atoms. The third-order valence-corrected chi connectivity index (χ3v) is 3.69. The van der Waals surface area contributed by atoms with Crippen LogP contribution in [0.2, 0.25) is 15.1 Å². The van der Waals surface area contributed by atoms with Crippen molar-refractivity contribution in [3.63, 3.8) is 0 Å². The standard InChI is InChI=1S/C13H8Cl4/c14-7-8-4-5-10(15)9(6-8)13-11(16)2-1-3-12(13)17/h1-6H,7H2. The van der Waals surface area contributed by atoms with Crippen LogP contribution in [0.3, 0.4) is 0 Å². The first kappa shape index (κ1) is 13.0. The highest BCUT2D eigenvalue weighted by atomic mass is 35.5. The Labute approximate surface area is 120 Å². The second-order valence-electron chi connectivity index (χ2n) is 3.54. The molecule has 0 saturated carbocycles. The van der Waals surface area contributed by atoms with Crippen molar-refractivity contribution >= 4 is 46.4 Å². The minimum Gasteiger partial charge on any atom is -0.122 e. The molecule has 0 amide bonds. The predicted octanol–water partition coefficient (Wildman–Crippen LogP) is 6.05. The highest BCUT2D eigenvalue weighted by Gasteiger charge is 2.12. The molecule has 0 heterocycles. The van der Waals surface area contributed by atoms with Gasteiger partial charge in [0.1, 0.15) is 0 Å². The van der Waals surface area contributed by atoms with E-state index in [4.69, 9.17) is 46.4 Å². The van der Waals surface area contributed by atoms with Crippen molar-refractivity contribution in [2.45, 2.75) is 5.88 Å². The minimum absolute atomic E-state index is 0.423. The van der Waals surface area contributed by atoms with Crippen LogP contribution in [0.15, 0.2) is 36.4 Å². The van der Waals surface area contributed by atoms with E-state index in [0.29, 0.717) is 20.9 Å². The predicted molar refractivity (Wildman–Crippen MR) is 76.5 cm³/mol. The van der Waals surface area contributed by atoms with E-state index in [2.05, 4.69) is 0 Å². The largest absolute Gasteiger partial charge is 0.122 e. The number of benzene rings is 2. The molecular weight excluding hydrogens is 298 g/mol. The Bertz CT molecular complexity index is 529. The molecule has 0 atom stereocenters. The Hall–Kier alpha value is -0.400. The lowest BCUT2D eigenvalue weighted by atomic mass is 10.0. The van der Waals surface area contributed by atoms with Crippen LogP contribution in [0.4, 0.5) is 0 Å². The van der Waals surface area contributed by atoms with Crippen molar-refractivity contribution < 1.29 is 0 Å². The van der Waals surface area contributed by atoms with Crippen molar-refractivity contribution in [1.29, 1.82) is 0 Å². The average molecular weight is 306 g/mol. The van der Waals surface area contributed by atoms with Crippen LogP contribution in [0.5, 0.6) is 0 Å². The highest BCUT2D eigenvalue weighted by molar-refractivity contribution is 6.41. The third kappa shape index (κ3) is 2.71. The monoisotopic (exact) mass is 304 g/mol. The van der Waals surface area contributed by atoms with Gasteiger partial charge in [0.15, 0.2) is 0 Å². The summed E-state index contributed by atoms with van der Waals surface area (Å²) in [5.74, 6) is 0.423. The molecule has 88 valence electrons. The number of halogens is 4. The summed E-state index contributed by atoms with van der Waals surface area (Å²) in [6.07, 6.45) is 0. The smallest absolute Gasteiger partial charge is 0.0499 e. The molecule has 2 aromatic carbocycles. The van der Waals surface area contributed by atoms with Gasteiger partial charge in [0.2, 0.25) is 0 Å². The molecule has 17 heavy (non-hydrogen) atoms. The van der Waals surface area contributed by atoms with Gasteiger partial charge in [-0.1, -0.05) is 46.9 Å². The molecule has 0 N–H and O–H groups in total. The third-order valence-electron chi connectivity index (χ3n) is 2.42. The second-order valence-corrected chi connectivity index (χ2v) is 5.03. The lowest BCUT2D eigenvalue weighted by molar-refractivity contribution is 1.40. The van der Waals surface area contributed by atoms with Crippen molar-refractivity contribution in [3.05, 3.63) is 57.0 Å². The molecule has 0 radical (unpaired) electrons. The van der Waals surface area contributed by atoms with Crippen molar-refractivity contribution in [1.82, 2.24) is 0 Å². The molecule has 0 spiro atoms. The Kier molecular flexibility index (Phi) is 4.22. The van der Waals surface area contributed by atoms with Crippen molar-refractivity contribution in [2.24, 2.45) is 0 Å². The Morgan fingerprint density at radius 3 is 2.06 bits per heavy atom. The molecule has 0 aliphatic heterocycles. The highest BCUT2D eigenvalue weighted by Crippen LogP contribution is 2.38. The number of alkyl halides is 1. The Balaban J connectivity index is 2.67. The molecule has 2 aromatic rings. The van der Waals surface area contributed by atoms with E-state index in [1.165, 1.54) is 0 Å². The van der Waals surface area contributed by atoms with Crippen LogP contribution >= 0.6 is 46.4 Å². The molecule has 0 aliphatic carbocycles. The maximum Gasteiger partial charge on any atom is 0.0499 e. The summed E-state index contributed by atoms with van der Waals surface area (Å²) >= 11 is 24.3. The number of hydrogen-bond acceptors (Lipinski definition) is 0. The summed E-state index contributed by atoms with van der Waals surface area (Å²) in [6, 6.07) is 11.0. The fourth-order valence-electron chi connectivity index (χ4n) is 1.60. The molecule has 4 heteroatoms. The quantitative estimate of drug-likeness (QED) is 0.592. The van der Waals surface area contributed by atoms with Crippen LogP contribution in [0.1, 0.15) is 5.56 Å². The summed E-state index contributed by atoms with van der Waals surface area (Å²) in [4.78, 5) is 0. The lowest BCUT2D eigenvalue weighted by Crippen LogP contribution is -1.86. The Morgan fingerprint density at radius 1 is 0.824 bits per heavy atom. The number of hydrogen-bond donors (Lipinski definition) is 0. The maximum absolute atomic E-state index is 6.17. The first-order valence-electron chi connectivity index (χ1n) is 4.92. The van der Waals surface area contributed by atoms with Gasteiger partial charge < -0.3 is 0 Å². The van der Waals surface area contributed by atoms with E-state index < -0.39 is 0 Å². The van der Waals surface area contributed by atoms with Gasteiger partial charge in [0, 0.05) is 32.1 Å². The van der Waals surface area contributed by atoms with Crippen LogP contribution < -0.4 is 0 Å². The normalized spacial score (nSPS) is 10.6. The first-order chi connectivity index (χ1) is 8.13. The number of rotatable bonds is 2. The topological polar surface area (TPSA) is 0 Å². The summed E-state index contributed by atoms with van der Waals surface area (Å²) in [5, 5.41) is 1.76. The zero-order valence-corrected chi connectivity index (χ0v) is 11.7. The fourth-order valence-corrected chi connectivity index (χ4v) is 2.58. The van der Waals surface area contributed by atoms with E-state index in [-0.39, 0.29) is 0 Å². The molecule has 2 rings (SSSR count). The summed E-state index contributed by atoms with van der Waals surface area (Å²) in [5.41, 5.74) is 2.52. The zero-order chi connectivity index (χ0) is 12.4. The van der Waals surface area contributed by atoms with E-state index in [1.807, 2.05) is 12.1 Å². The molecule has 0 saturated heterocycles. The van der Waals surface area contributed by atoms with Gasteiger partial charge in [0.25, 0.3) is 0 Å². The van der Waals surface area contributed by atoms with Gasteiger partial charge in [0.05, 0.1) is 0 Å². The van der Waals surface area contributed by atoms with Gasteiger partial charge in [-0.05, 0) is 29.8 Å². The van der Waals surface area contributed by atoms with Crippen LogP contribution in [-0.2, 0) is 5.88 Å². The van der Waals surface area contributed by atoms with E-state index in [0.717, 1.165) is 16.7 Å². The molecular formula is C13H8Cl4. The van der Waals surface area contributed by atoms with Gasteiger partial charge in [-0.3, -0.25) is 0 Å². The summed E-state index contributed by atoms with van der Waals surface area (Å²) < 4.78 is 0. The molecule has 0 unspecified atom stereocenters. The maximum atomic E-state index is 6.17. The van der Waals surface area contributed by atoms with Crippen molar-refractivity contribution in [2.75, 3.05) is 0 Å². The van der Waals surface area contributed by atoms with Gasteiger partial charge in [-0.25, -0.2) is 0 Å².